The molecule has 466 valence electrons. The van der Waals surface area contributed by atoms with Gasteiger partial charge in [0.05, 0.1) is 24.2 Å². The number of rotatable bonds is 37. The lowest BCUT2D eigenvalue weighted by Gasteiger charge is -2.29. The molecule has 1 aromatic rings. The van der Waals surface area contributed by atoms with Crippen molar-refractivity contribution in [2.24, 2.45) is 35.5 Å². The zero-order chi connectivity index (χ0) is 64.3. The average molecular weight is 1160 g/mol. The highest BCUT2D eigenvalue weighted by Crippen LogP contribution is 2.48. The number of carbonyl (C=O) groups excluding carboxylic acids is 5. The molecule has 0 saturated heterocycles. The molecule has 2 N–H and O–H groups in total. The Morgan fingerprint density at radius 2 is 0.929 bits per heavy atom. The predicted molar refractivity (Wildman–Crippen MR) is 350 cm³/mol. The van der Waals surface area contributed by atoms with E-state index >= 15 is 0 Å². The molecule has 2 bridgehead atoms. The topological polar surface area (TPSA) is 176 Å². The first-order valence-electron chi connectivity index (χ1n) is 29.7. The minimum Gasteiger partial charge on any atom is -0.481 e. The fourth-order valence-corrected chi connectivity index (χ4v) is 9.21. The average Bonchev–Trinajstić information content (AvgIpc) is 2.38. The van der Waals surface area contributed by atoms with E-state index in [1.807, 2.05) is 73.4 Å². The van der Waals surface area contributed by atoms with Gasteiger partial charge in [-0.25, -0.2) is 0 Å². The fourth-order valence-electron chi connectivity index (χ4n) is 9.21. The van der Waals surface area contributed by atoms with E-state index in [9.17, 15) is 38.7 Å². The minimum atomic E-state index is -0.949. The zero-order valence-corrected chi connectivity index (χ0v) is 52.3. The number of fused-ring (bicyclic) bond motifs is 2. The van der Waals surface area contributed by atoms with Gasteiger partial charge in [-0.05, 0) is 62.5 Å². The first-order chi connectivity index (χ1) is 40.4. The van der Waals surface area contributed by atoms with Crippen LogP contribution in [0.15, 0.2) is 181 Å². The summed E-state index contributed by atoms with van der Waals surface area (Å²) in [5.74, 6) is -3.06. The molecule has 3 rings (SSSR count). The molecule has 2 aliphatic rings. The number of amides is 5. The van der Waals surface area contributed by atoms with Crippen LogP contribution in [0.25, 0.3) is 0 Å². The summed E-state index contributed by atoms with van der Waals surface area (Å²) in [6, 6.07) is 9.21. The van der Waals surface area contributed by atoms with Crippen molar-refractivity contribution in [2.45, 2.75) is 112 Å². The van der Waals surface area contributed by atoms with Gasteiger partial charge in [0, 0.05) is 83.9 Å². The second-order valence-electron chi connectivity index (χ2n) is 19.7. The zero-order valence-electron chi connectivity index (χ0n) is 52.3. The van der Waals surface area contributed by atoms with Crippen LogP contribution in [0.1, 0.15) is 123 Å². The highest BCUT2D eigenvalue weighted by molar-refractivity contribution is 5.94. The Labute approximate surface area is 507 Å². The number of unbranched alkanes of at least 4 members (excludes halogenated alkanes) is 4. The van der Waals surface area contributed by atoms with Crippen LogP contribution in [0, 0.1) is 35.5 Å². The van der Waals surface area contributed by atoms with E-state index in [1.165, 1.54) is 19.8 Å². The first-order valence-corrected chi connectivity index (χ1v) is 29.7. The van der Waals surface area contributed by atoms with Crippen LogP contribution < -0.4 is 0 Å². The van der Waals surface area contributed by atoms with Crippen LogP contribution in [0.2, 0.25) is 0 Å². The van der Waals surface area contributed by atoms with Crippen LogP contribution in [0.5, 0.6) is 0 Å². The predicted octanol–water partition coefficient (Wildman–Crippen LogP) is 13.7. The molecule has 2 aliphatic carbocycles. The van der Waals surface area contributed by atoms with Gasteiger partial charge in [0.2, 0.25) is 23.6 Å². The van der Waals surface area contributed by atoms with Gasteiger partial charge >= 0.3 is 11.9 Å². The summed E-state index contributed by atoms with van der Waals surface area (Å²) in [5.41, 5.74) is 0.696. The maximum absolute atomic E-state index is 12.6. The van der Waals surface area contributed by atoms with Gasteiger partial charge in [-0.1, -0.05) is 164 Å². The third-order valence-corrected chi connectivity index (χ3v) is 13.3. The van der Waals surface area contributed by atoms with Crippen molar-refractivity contribution in [3.8, 4) is 0 Å². The number of aliphatic carboxylic acids is 2. The number of hydrogen-bond acceptors (Lipinski definition) is 7. The molecule has 14 nitrogen and oxygen atoms in total. The van der Waals surface area contributed by atoms with Crippen molar-refractivity contribution in [2.75, 3.05) is 65.4 Å². The van der Waals surface area contributed by atoms with Crippen LogP contribution in [0.4, 0.5) is 0 Å². The lowest BCUT2D eigenvalue weighted by atomic mass is 9.82. The summed E-state index contributed by atoms with van der Waals surface area (Å²) in [6.45, 7) is 53.3. The van der Waals surface area contributed by atoms with Crippen molar-refractivity contribution in [3.05, 3.63) is 187 Å². The molecule has 0 spiro atoms. The largest absolute Gasteiger partial charge is 0.481 e. The van der Waals surface area contributed by atoms with Gasteiger partial charge in [-0.3, -0.25) is 33.6 Å². The lowest BCUT2D eigenvalue weighted by Crippen LogP contribution is -2.43. The van der Waals surface area contributed by atoms with Crippen molar-refractivity contribution < 1.29 is 43.8 Å². The van der Waals surface area contributed by atoms with Crippen LogP contribution >= 0.6 is 0 Å². The van der Waals surface area contributed by atoms with E-state index in [4.69, 9.17) is 5.11 Å². The molecule has 84 heavy (non-hydrogen) atoms. The Morgan fingerprint density at radius 1 is 0.524 bits per heavy atom. The molecule has 1 aromatic carbocycles. The van der Waals surface area contributed by atoms with Gasteiger partial charge in [0.25, 0.3) is 5.91 Å². The minimum absolute atomic E-state index is 0.00534. The van der Waals surface area contributed by atoms with Crippen LogP contribution in [-0.4, -0.2) is 142 Å². The molecular formula is C70H107N5O9. The quantitative estimate of drug-likeness (QED) is 0.0485. The molecule has 14 heteroatoms. The summed E-state index contributed by atoms with van der Waals surface area (Å²) in [6.07, 6.45) is 34.6. The van der Waals surface area contributed by atoms with Gasteiger partial charge in [0.15, 0.2) is 0 Å². The summed E-state index contributed by atoms with van der Waals surface area (Å²) in [5, 5.41) is 18.4. The summed E-state index contributed by atoms with van der Waals surface area (Å²) in [7, 11) is 0. The van der Waals surface area contributed by atoms with Gasteiger partial charge in [0.1, 0.15) is 0 Å². The monoisotopic (exact) mass is 1160 g/mol. The molecule has 6 unspecified atom stereocenters. The number of hydrogen-bond donors (Lipinski definition) is 2. The second-order valence-corrected chi connectivity index (χ2v) is 19.7. The third-order valence-electron chi connectivity index (χ3n) is 13.3. The Morgan fingerprint density at radius 3 is 1.32 bits per heavy atom. The standard InChI is InChI=1S/C18H29NO3.C15H19NO3.C14H25NO.C13H15NO.C8H13NO.C2H6/c1-4-7-8-9-10-11-12-16(15-17(20)21)18(22)19(13-5-2)14-6-3;1-3-7-16(8-4-2)14(17)12-10-5-6-11(9-10)13(12)15(18)19;1-5-9-10-13(8-4)14(16)15(11-6-2)12-7-3;1-3-10-14(11-4-2)13(15)12-8-6-5-7-9-12;1-4-6-9(7-5-2)8(3)10;1-2/h5-6,10-11,16H,2-4,7-9,12-15H2,1H3,(H,20,21);3-6,10-13H,1-2,7-9H2,(H,18,19);6-7,13H,2-3,5,8-12H2,1,4H3;3-9H,1-2,10-11H2;4-5H,1-2,6-7H2,3H3;1-2H3/b11-10+;;;;;. The maximum atomic E-state index is 12.6. The van der Waals surface area contributed by atoms with Crippen molar-refractivity contribution in [1.82, 2.24) is 24.5 Å². The molecule has 1 fully saturated rings. The molecule has 0 aliphatic heterocycles. The van der Waals surface area contributed by atoms with E-state index in [0.717, 1.165) is 44.9 Å². The number of allylic oxidation sites excluding steroid dienone is 4. The van der Waals surface area contributed by atoms with E-state index in [2.05, 4.69) is 86.6 Å². The maximum Gasteiger partial charge on any atom is 0.307 e. The Hall–Kier alpha value is -7.61. The first kappa shape index (κ1) is 80.6. The lowest BCUT2D eigenvalue weighted by molar-refractivity contribution is -0.150. The summed E-state index contributed by atoms with van der Waals surface area (Å²) >= 11 is 0. The molecule has 5 amide bonds. The van der Waals surface area contributed by atoms with E-state index in [0.29, 0.717) is 77.4 Å². The smallest absolute Gasteiger partial charge is 0.307 e. The third kappa shape index (κ3) is 33.5. The highest BCUT2D eigenvalue weighted by atomic mass is 16.4. The molecule has 1 saturated carbocycles. The van der Waals surface area contributed by atoms with Crippen molar-refractivity contribution in [1.29, 1.82) is 0 Å². The summed E-state index contributed by atoms with van der Waals surface area (Å²) in [4.78, 5) is 90.7. The molecule has 0 radical (unpaired) electrons. The van der Waals surface area contributed by atoms with E-state index < -0.39 is 29.7 Å². The Kier molecular flexibility index (Phi) is 50.1. The molecule has 0 aromatic heterocycles. The molecule has 6 atom stereocenters. The van der Waals surface area contributed by atoms with Gasteiger partial charge in [-0.2, -0.15) is 0 Å². The number of benzene rings is 1. The Bertz CT molecular complexity index is 2180. The van der Waals surface area contributed by atoms with Gasteiger partial charge in [-0.15, -0.1) is 65.8 Å². The normalized spacial score (nSPS) is 15.2. The summed E-state index contributed by atoms with van der Waals surface area (Å²) < 4.78 is 0. The SMILES string of the molecule is C=CCN(CC=C)C(=O)C(C/C=C/CCCCC)CC(=O)O.C=CCN(CC=C)C(=O)C(CC)CCCC.C=CCN(CC=C)C(=O)C1C2C=CC(C2)C1C(=O)O.C=CCN(CC=C)C(=O)c1ccccc1.C=CCN(CC=C)C(C)=O.CC. The molecule has 0 heterocycles. The van der Waals surface area contributed by atoms with Crippen LogP contribution in [-0.2, 0) is 28.8 Å². The second kappa shape index (κ2) is 52.2. The van der Waals surface area contributed by atoms with Crippen molar-refractivity contribution >= 4 is 41.5 Å². The number of carboxylic acid groups (broad SMARTS) is 2. The van der Waals surface area contributed by atoms with E-state index in [1.54, 1.807) is 80.4 Å². The van der Waals surface area contributed by atoms with Crippen LogP contribution in [0.3, 0.4) is 0 Å². The molecular weight excluding hydrogens is 1050 g/mol. The number of nitrogens with zero attached hydrogens (tertiary/aromatic N) is 5. The van der Waals surface area contributed by atoms with Gasteiger partial charge < -0.3 is 34.7 Å². The number of carbonyl (C=O) groups is 7. The van der Waals surface area contributed by atoms with Crippen molar-refractivity contribution in [3.63, 3.8) is 0 Å². The van der Waals surface area contributed by atoms with E-state index in [-0.39, 0.29) is 53.7 Å². The Balaban J connectivity index is -0.000000987. The number of carboxylic acids is 2. The highest BCUT2D eigenvalue weighted by Gasteiger charge is 2.52. The fraction of sp³-hybridized carbons (Fsp3) is 0.471.